The number of hydrogen-bond acceptors (Lipinski definition) is 5. The molecule has 0 fully saturated rings. The Morgan fingerprint density at radius 3 is 2.88 bits per heavy atom. The van der Waals surface area contributed by atoms with Crippen molar-refractivity contribution in [2.75, 3.05) is 24.6 Å². The average Bonchev–Trinajstić information content (AvgIpc) is 2.61. The Kier molecular flexibility index (Phi) is 5.60. The molecule has 0 radical (unpaired) electrons. The van der Waals surface area contributed by atoms with Crippen LogP contribution in [-0.4, -0.2) is 49.7 Å². The summed E-state index contributed by atoms with van der Waals surface area (Å²) in [6.45, 7) is 0.843. The summed E-state index contributed by atoms with van der Waals surface area (Å²) in [5.41, 5.74) is 0.293. The van der Waals surface area contributed by atoms with Gasteiger partial charge in [-0.2, -0.15) is 0 Å². The molecule has 2 aliphatic rings. The smallest absolute Gasteiger partial charge is 0.256 e. The molecule has 1 N–H and O–H groups in total. The van der Waals surface area contributed by atoms with Gasteiger partial charge in [0.1, 0.15) is 0 Å². The van der Waals surface area contributed by atoms with Crippen molar-refractivity contribution < 1.29 is 13.2 Å². The van der Waals surface area contributed by atoms with Crippen LogP contribution in [0.3, 0.4) is 0 Å². The second-order valence-corrected chi connectivity index (χ2v) is 8.51. The third kappa shape index (κ3) is 4.73. The fourth-order valence-electron chi connectivity index (χ4n) is 2.47. The summed E-state index contributed by atoms with van der Waals surface area (Å²) in [4.78, 5) is 15.3. The SMILES string of the molecule is O=C(NCCCSc1ccccc1)C1=CC=CN2CCS(=O)(=O)N=C12. The minimum atomic E-state index is -3.49. The minimum absolute atomic E-state index is 0.0353. The maximum absolute atomic E-state index is 12.4. The maximum Gasteiger partial charge on any atom is 0.256 e. The molecule has 0 bridgehead atoms. The third-order valence-corrected chi connectivity index (χ3v) is 5.97. The van der Waals surface area contributed by atoms with Crippen LogP contribution in [0.1, 0.15) is 6.42 Å². The Bertz CT molecular complexity index is 830. The molecule has 1 aromatic rings. The predicted molar refractivity (Wildman–Crippen MR) is 99.9 cm³/mol. The first-order valence-electron chi connectivity index (χ1n) is 7.99. The zero-order valence-electron chi connectivity index (χ0n) is 13.6. The van der Waals surface area contributed by atoms with Gasteiger partial charge in [-0.15, -0.1) is 16.2 Å². The molecule has 0 saturated carbocycles. The summed E-state index contributed by atoms with van der Waals surface area (Å²) in [6.07, 6.45) is 5.89. The lowest BCUT2D eigenvalue weighted by atomic mass is 10.1. The zero-order chi connectivity index (χ0) is 17.7. The Hall–Kier alpha value is -2.06. The van der Waals surface area contributed by atoms with Gasteiger partial charge < -0.3 is 10.2 Å². The Morgan fingerprint density at radius 1 is 1.28 bits per heavy atom. The second kappa shape index (κ2) is 7.88. The summed E-state index contributed by atoms with van der Waals surface area (Å²) >= 11 is 1.74. The van der Waals surface area contributed by atoms with Crippen molar-refractivity contribution in [2.24, 2.45) is 4.40 Å². The van der Waals surface area contributed by atoms with E-state index in [1.807, 2.05) is 18.2 Å². The lowest BCUT2D eigenvalue weighted by Gasteiger charge is -2.28. The molecular weight excluding hydrogens is 358 g/mol. The van der Waals surface area contributed by atoms with Gasteiger partial charge in [-0.05, 0) is 36.5 Å². The number of sulfonamides is 1. The molecule has 0 unspecified atom stereocenters. The number of nitrogens with zero attached hydrogens (tertiary/aromatic N) is 2. The Morgan fingerprint density at radius 2 is 2.08 bits per heavy atom. The van der Waals surface area contributed by atoms with E-state index in [1.54, 1.807) is 35.0 Å². The standard InChI is InChI=1S/C17H19N3O3S2/c21-17(18-9-5-12-24-14-6-2-1-3-7-14)15-8-4-10-20-11-13-25(22,23)19-16(15)20/h1-4,6-8,10H,5,9,11-13H2,(H,18,21). The number of allylic oxidation sites excluding steroid dienone is 2. The lowest BCUT2D eigenvalue weighted by molar-refractivity contribution is -0.117. The molecule has 8 heteroatoms. The molecule has 2 heterocycles. The number of benzene rings is 1. The topological polar surface area (TPSA) is 78.8 Å². The van der Waals surface area contributed by atoms with Gasteiger partial charge in [0.25, 0.3) is 15.9 Å². The van der Waals surface area contributed by atoms with Gasteiger partial charge in [0.2, 0.25) is 0 Å². The monoisotopic (exact) mass is 377 g/mol. The molecule has 0 saturated heterocycles. The van der Waals surface area contributed by atoms with Crippen molar-refractivity contribution in [3.05, 3.63) is 54.3 Å². The van der Waals surface area contributed by atoms with Crippen LogP contribution in [0.15, 0.2) is 63.6 Å². The van der Waals surface area contributed by atoms with Crippen molar-refractivity contribution in [3.63, 3.8) is 0 Å². The van der Waals surface area contributed by atoms with E-state index in [9.17, 15) is 13.2 Å². The molecule has 0 aromatic heterocycles. The van der Waals surface area contributed by atoms with Crippen molar-refractivity contribution in [1.29, 1.82) is 0 Å². The summed E-state index contributed by atoms with van der Waals surface area (Å²) < 4.78 is 27.2. The average molecular weight is 377 g/mol. The fourth-order valence-corrected chi connectivity index (χ4v) is 4.33. The van der Waals surface area contributed by atoms with E-state index in [4.69, 9.17) is 0 Å². The van der Waals surface area contributed by atoms with Crippen molar-refractivity contribution in [3.8, 4) is 0 Å². The first-order chi connectivity index (χ1) is 12.1. The van der Waals surface area contributed by atoms with E-state index >= 15 is 0 Å². The van der Waals surface area contributed by atoms with Gasteiger partial charge in [0, 0.05) is 24.2 Å². The molecule has 0 spiro atoms. The number of amides is 1. The van der Waals surface area contributed by atoms with Gasteiger partial charge in [-0.1, -0.05) is 18.2 Å². The van der Waals surface area contributed by atoms with Crippen LogP contribution in [0, 0.1) is 0 Å². The molecule has 0 aliphatic carbocycles. The van der Waals surface area contributed by atoms with Gasteiger partial charge in [0.05, 0.1) is 11.3 Å². The maximum atomic E-state index is 12.4. The molecule has 0 atom stereocenters. The van der Waals surface area contributed by atoms with Crippen LogP contribution >= 0.6 is 11.8 Å². The highest BCUT2D eigenvalue weighted by Crippen LogP contribution is 2.19. The summed E-state index contributed by atoms with van der Waals surface area (Å²) in [6, 6.07) is 10.1. The normalized spacial score (nSPS) is 18.2. The highest BCUT2D eigenvalue weighted by Gasteiger charge is 2.29. The molecule has 2 aliphatic heterocycles. The van der Waals surface area contributed by atoms with E-state index in [1.165, 1.54) is 4.90 Å². The van der Waals surface area contributed by atoms with Crippen molar-refractivity contribution in [2.45, 2.75) is 11.3 Å². The number of amidine groups is 1. The van der Waals surface area contributed by atoms with Crippen LogP contribution in [0.2, 0.25) is 0 Å². The fraction of sp³-hybridized carbons (Fsp3) is 0.294. The van der Waals surface area contributed by atoms with Crippen molar-refractivity contribution >= 4 is 33.5 Å². The Balaban J connectivity index is 1.52. The van der Waals surface area contributed by atoms with Crippen LogP contribution < -0.4 is 5.32 Å². The highest BCUT2D eigenvalue weighted by atomic mass is 32.2. The van der Waals surface area contributed by atoms with E-state index in [0.717, 1.165) is 12.2 Å². The number of thioether (sulfide) groups is 1. The number of carbonyl (C=O) groups is 1. The minimum Gasteiger partial charge on any atom is -0.352 e. The number of rotatable bonds is 6. The van der Waals surface area contributed by atoms with Gasteiger partial charge in [-0.3, -0.25) is 4.79 Å². The number of hydrogen-bond donors (Lipinski definition) is 1. The van der Waals surface area contributed by atoms with Crippen LogP contribution in [-0.2, 0) is 14.8 Å². The summed E-state index contributed by atoms with van der Waals surface area (Å²) in [7, 11) is -3.49. The number of carbonyl (C=O) groups excluding carboxylic acids is 1. The van der Waals surface area contributed by atoms with Crippen LogP contribution in [0.4, 0.5) is 0 Å². The van der Waals surface area contributed by atoms with Crippen molar-refractivity contribution in [1.82, 2.24) is 10.2 Å². The first kappa shape index (κ1) is 17.8. The number of fused-ring (bicyclic) bond motifs is 1. The largest absolute Gasteiger partial charge is 0.352 e. The summed E-state index contributed by atoms with van der Waals surface area (Å²) in [5.74, 6) is 0.775. The molecule has 1 aromatic carbocycles. The lowest BCUT2D eigenvalue weighted by Crippen LogP contribution is -2.42. The molecule has 25 heavy (non-hydrogen) atoms. The quantitative estimate of drug-likeness (QED) is 0.604. The summed E-state index contributed by atoms with van der Waals surface area (Å²) in [5, 5.41) is 2.84. The van der Waals surface area contributed by atoms with Gasteiger partial charge in [-0.25, -0.2) is 8.42 Å². The molecule has 1 amide bonds. The second-order valence-electron chi connectivity index (χ2n) is 5.59. The predicted octanol–water partition coefficient (Wildman–Crippen LogP) is 1.78. The zero-order valence-corrected chi connectivity index (χ0v) is 15.2. The number of nitrogens with one attached hydrogen (secondary N) is 1. The van der Waals surface area contributed by atoms with E-state index in [-0.39, 0.29) is 17.5 Å². The van der Waals surface area contributed by atoms with Gasteiger partial charge >= 0.3 is 0 Å². The van der Waals surface area contributed by atoms with E-state index < -0.39 is 10.0 Å². The van der Waals surface area contributed by atoms with Crippen LogP contribution in [0.25, 0.3) is 0 Å². The van der Waals surface area contributed by atoms with Crippen LogP contribution in [0.5, 0.6) is 0 Å². The Labute approximate surface area is 151 Å². The molecule has 132 valence electrons. The first-order valence-corrected chi connectivity index (χ1v) is 10.6. The van der Waals surface area contributed by atoms with Gasteiger partial charge in [0.15, 0.2) is 5.84 Å². The third-order valence-electron chi connectivity index (χ3n) is 3.72. The van der Waals surface area contributed by atoms with E-state index in [0.29, 0.717) is 18.7 Å². The molecular formula is C17H19N3O3S2. The molecule has 3 rings (SSSR count). The highest BCUT2D eigenvalue weighted by molar-refractivity contribution is 7.99. The van der Waals surface area contributed by atoms with E-state index in [2.05, 4.69) is 21.8 Å². The molecule has 6 nitrogen and oxygen atoms in total.